The zero-order chi connectivity index (χ0) is 17.5. The average molecular weight is 366 g/mol. The molecule has 128 valence electrons. The molecular formula is C19H21Cl2NO2. The minimum Gasteiger partial charge on any atom is -0.396 e. The number of nitrogens with zero attached hydrogens (tertiary/aromatic N) is 1. The maximum atomic E-state index is 12.8. The van der Waals surface area contributed by atoms with Gasteiger partial charge >= 0.3 is 0 Å². The van der Waals surface area contributed by atoms with Gasteiger partial charge in [0.15, 0.2) is 0 Å². The molecule has 0 aromatic heterocycles. The molecular weight excluding hydrogens is 345 g/mol. The Hall–Kier alpha value is -1.55. The lowest BCUT2D eigenvalue weighted by atomic mass is 9.99. The zero-order valence-electron chi connectivity index (χ0n) is 13.6. The van der Waals surface area contributed by atoms with E-state index in [2.05, 4.69) is 0 Å². The molecule has 0 spiro atoms. The molecule has 0 unspecified atom stereocenters. The first kappa shape index (κ1) is 18.8. The van der Waals surface area contributed by atoms with E-state index in [1.165, 1.54) is 0 Å². The van der Waals surface area contributed by atoms with Gasteiger partial charge in [-0.2, -0.15) is 0 Å². The van der Waals surface area contributed by atoms with Crippen LogP contribution in [0.5, 0.6) is 0 Å². The molecule has 2 aromatic carbocycles. The summed E-state index contributed by atoms with van der Waals surface area (Å²) in [6, 6.07) is 12.9. The minimum absolute atomic E-state index is 0.0272. The lowest BCUT2D eigenvalue weighted by molar-refractivity contribution is 0.0793. The summed E-state index contributed by atoms with van der Waals surface area (Å²) in [6.45, 7) is 0.854. The first-order valence-electron chi connectivity index (χ1n) is 7.95. The quantitative estimate of drug-likeness (QED) is 0.709. The molecule has 2 aromatic rings. The van der Waals surface area contributed by atoms with E-state index in [-0.39, 0.29) is 12.5 Å². The molecule has 1 amide bonds. The molecule has 24 heavy (non-hydrogen) atoms. The molecule has 3 nitrogen and oxygen atoms in total. The standard InChI is InChI=1S/C19H21Cl2NO2/c1-22(11-5-2-6-12-23)19(24)16-8-4-3-7-15(16)14-9-10-17(20)18(21)13-14/h3-4,7-10,13,23H,2,5-6,11-12H2,1H3. The maximum Gasteiger partial charge on any atom is 0.254 e. The van der Waals surface area contributed by atoms with Gasteiger partial charge < -0.3 is 10.0 Å². The molecule has 0 fully saturated rings. The SMILES string of the molecule is CN(CCCCCO)C(=O)c1ccccc1-c1ccc(Cl)c(Cl)c1. The zero-order valence-corrected chi connectivity index (χ0v) is 15.1. The van der Waals surface area contributed by atoms with Crippen LogP contribution in [-0.2, 0) is 0 Å². The normalized spacial score (nSPS) is 10.7. The third kappa shape index (κ3) is 4.73. The Labute approximate surface area is 152 Å². The maximum absolute atomic E-state index is 12.8. The number of unbranched alkanes of at least 4 members (excludes halogenated alkanes) is 2. The molecule has 0 bridgehead atoms. The summed E-state index contributed by atoms with van der Waals surface area (Å²) in [7, 11) is 1.80. The monoisotopic (exact) mass is 365 g/mol. The Balaban J connectivity index is 2.21. The van der Waals surface area contributed by atoms with Crippen LogP contribution >= 0.6 is 23.2 Å². The molecule has 0 atom stereocenters. The fourth-order valence-electron chi connectivity index (χ4n) is 2.53. The third-order valence-electron chi connectivity index (χ3n) is 3.89. The Morgan fingerprint density at radius 3 is 2.50 bits per heavy atom. The molecule has 2 rings (SSSR count). The summed E-state index contributed by atoms with van der Waals surface area (Å²) in [5.74, 6) is -0.0272. The summed E-state index contributed by atoms with van der Waals surface area (Å²) < 4.78 is 0. The molecule has 0 aliphatic heterocycles. The van der Waals surface area contributed by atoms with Crippen molar-refractivity contribution in [2.75, 3.05) is 20.2 Å². The van der Waals surface area contributed by atoms with Crippen LogP contribution in [0.4, 0.5) is 0 Å². The van der Waals surface area contributed by atoms with Crippen molar-refractivity contribution in [3.63, 3.8) is 0 Å². The van der Waals surface area contributed by atoms with Gasteiger partial charge in [0, 0.05) is 25.8 Å². The van der Waals surface area contributed by atoms with E-state index in [9.17, 15) is 4.79 Å². The van der Waals surface area contributed by atoms with E-state index >= 15 is 0 Å². The third-order valence-corrected chi connectivity index (χ3v) is 4.63. The van der Waals surface area contributed by atoms with E-state index in [4.69, 9.17) is 28.3 Å². The van der Waals surface area contributed by atoms with E-state index in [1.54, 1.807) is 24.1 Å². The molecule has 0 radical (unpaired) electrons. The predicted octanol–water partition coefficient (Wildman–Crippen LogP) is 4.90. The molecule has 0 heterocycles. The fraction of sp³-hybridized carbons (Fsp3) is 0.316. The van der Waals surface area contributed by atoms with Crippen LogP contribution in [-0.4, -0.2) is 36.1 Å². The molecule has 1 N–H and O–H groups in total. The van der Waals surface area contributed by atoms with Gasteiger partial charge in [-0.15, -0.1) is 0 Å². The highest BCUT2D eigenvalue weighted by atomic mass is 35.5. The fourth-order valence-corrected chi connectivity index (χ4v) is 2.83. The van der Waals surface area contributed by atoms with E-state index in [0.717, 1.165) is 30.4 Å². The predicted molar refractivity (Wildman–Crippen MR) is 99.8 cm³/mol. The summed E-state index contributed by atoms with van der Waals surface area (Å²) in [4.78, 5) is 14.5. The van der Waals surface area contributed by atoms with Gasteiger partial charge in [0.1, 0.15) is 0 Å². The number of hydrogen-bond acceptors (Lipinski definition) is 2. The van der Waals surface area contributed by atoms with Gasteiger partial charge in [0.2, 0.25) is 0 Å². The van der Waals surface area contributed by atoms with Gasteiger partial charge in [-0.3, -0.25) is 4.79 Å². The van der Waals surface area contributed by atoms with Gasteiger partial charge in [0.05, 0.1) is 10.0 Å². The lowest BCUT2D eigenvalue weighted by Gasteiger charge is -2.19. The molecule has 0 aliphatic carbocycles. The molecule has 0 saturated heterocycles. The van der Waals surface area contributed by atoms with Crippen molar-refractivity contribution in [3.05, 3.63) is 58.1 Å². The van der Waals surface area contributed by atoms with Crippen molar-refractivity contribution in [2.24, 2.45) is 0 Å². The molecule has 0 saturated carbocycles. The van der Waals surface area contributed by atoms with Crippen LogP contribution in [0.1, 0.15) is 29.6 Å². The number of rotatable bonds is 7. The second kappa shape index (κ2) is 9.07. The highest BCUT2D eigenvalue weighted by Gasteiger charge is 2.16. The highest BCUT2D eigenvalue weighted by Crippen LogP contribution is 2.30. The van der Waals surface area contributed by atoms with Crippen molar-refractivity contribution in [2.45, 2.75) is 19.3 Å². The molecule has 0 aliphatic rings. The minimum atomic E-state index is -0.0272. The van der Waals surface area contributed by atoms with Crippen LogP contribution < -0.4 is 0 Å². The van der Waals surface area contributed by atoms with Gasteiger partial charge in [0.25, 0.3) is 5.91 Å². The Morgan fingerprint density at radius 1 is 1.04 bits per heavy atom. The van der Waals surface area contributed by atoms with Gasteiger partial charge in [-0.1, -0.05) is 47.5 Å². The molecule has 5 heteroatoms. The van der Waals surface area contributed by atoms with Crippen molar-refractivity contribution in [3.8, 4) is 11.1 Å². The Morgan fingerprint density at radius 2 is 1.79 bits per heavy atom. The number of hydrogen-bond donors (Lipinski definition) is 1. The Bertz CT molecular complexity index is 704. The number of carbonyl (C=O) groups excluding carboxylic acids is 1. The largest absolute Gasteiger partial charge is 0.396 e. The van der Waals surface area contributed by atoms with Crippen LogP contribution in [0.3, 0.4) is 0 Å². The summed E-state index contributed by atoms with van der Waals surface area (Å²) in [6.07, 6.45) is 2.54. The van der Waals surface area contributed by atoms with Crippen LogP contribution in [0.25, 0.3) is 11.1 Å². The number of amides is 1. The summed E-state index contributed by atoms with van der Waals surface area (Å²) in [5.41, 5.74) is 2.34. The van der Waals surface area contributed by atoms with Crippen molar-refractivity contribution in [1.29, 1.82) is 0 Å². The van der Waals surface area contributed by atoms with Crippen LogP contribution in [0.15, 0.2) is 42.5 Å². The number of halogens is 2. The summed E-state index contributed by atoms with van der Waals surface area (Å²) >= 11 is 12.1. The van der Waals surface area contributed by atoms with E-state index < -0.39 is 0 Å². The summed E-state index contributed by atoms with van der Waals surface area (Å²) in [5, 5.41) is 9.78. The van der Waals surface area contributed by atoms with Crippen molar-refractivity contribution < 1.29 is 9.90 Å². The number of carbonyl (C=O) groups is 1. The van der Waals surface area contributed by atoms with Crippen LogP contribution in [0.2, 0.25) is 10.0 Å². The first-order valence-corrected chi connectivity index (χ1v) is 8.71. The van der Waals surface area contributed by atoms with Crippen LogP contribution in [0, 0.1) is 0 Å². The van der Waals surface area contributed by atoms with E-state index in [0.29, 0.717) is 22.2 Å². The van der Waals surface area contributed by atoms with E-state index in [1.807, 2.05) is 30.3 Å². The second-order valence-electron chi connectivity index (χ2n) is 5.69. The topological polar surface area (TPSA) is 40.5 Å². The number of benzene rings is 2. The lowest BCUT2D eigenvalue weighted by Crippen LogP contribution is -2.28. The Kier molecular flexibility index (Phi) is 7.10. The first-order chi connectivity index (χ1) is 11.5. The van der Waals surface area contributed by atoms with Crippen molar-refractivity contribution >= 4 is 29.1 Å². The van der Waals surface area contributed by atoms with Gasteiger partial charge in [-0.25, -0.2) is 0 Å². The average Bonchev–Trinajstić information content (AvgIpc) is 2.60. The van der Waals surface area contributed by atoms with Crippen molar-refractivity contribution in [1.82, 2.24) is 4.90 Å². The number of aliphatic hydroxyl groups excluding tert-OH is 1. The smallest absolute Gasteiger partial charge is 0.254 e. The van der Waals surface area contributed by atoms with Gasteiger partial charge in [-0.05, 0) is 48.6 Å². The number of aliphatic hydroxyl groups is 1. The second-order valence-corrected chi connectivity index (χ2v) is 6.50. The highest BCUT2D eigenvalue weighted by molar-refractivity contribution is 6.42.